The molecule has 3 atom stereocenters. The molecule has 15 nitrogen and oxygen atoms in total. The molecule has 2 aliphatic heterocycles. The number of β-lactam (4-membered cyclic amide) rings is 1. The molecule has 3 amide bonds. The van der Waals surface area contributed by atoms with Crippen LogP contribution in [-0.2, 0) is 40.3 Å². The minimum absolute atomic E-state index is 0.103. The molecule has 2 aromatic rings. The Hall–Kier alpha value is -4.16. The molecule has 3 heterocycles. The van der Waals surface area contributed by atoms with E-state index in [0.717, 1.165) is 40.1 Å². The average molecular weight is 626 g/mol. The Bertz CT molecular complexity index is 1570. The van der Waals surface area contributed by atoms with Crippen molar-refractivity contribution >= 4 is 68.1 Å². The molecule has 5 N–H and O–H groups in total. The zero-order valence-electron chi connectivity index (χ0n) is 21.4. The van der Waals surface area contributed by atoms with Gasteiger partial charge in [-0.25, -0.2) is 32.5 Å². The van der Waals surface area contributed by atoms with Crippen LogP contribution in [0.2, 0.25) is 0 Å². The number of nitrogens with zero attached hydrogens (tertiary/aromatic N) is 2. The zero-order chi connectivity index (χ0) is 30.1. The molecule has 1 unspecified atom stereocenters. The molecule has 18 heteroatoms. The highest BCUT2D eigenvalue weighted by Gasteiger charge is 2.56. The van der Waals surface area contributed by atoms with Crippen LogP contribution in [0.25, 0.3) is 0 Å². The monoisotopic (exact) mass is 625 g/mol. The van der Waals surface area contributed by atoms with Crippen LogP contribution in [0.15, 0.2) is 46.0 Å². The van der Waals surface area contributed by atoms with Crippen molar-refractivity contribution in [3.8, 4) is 0 Å². The standard InChI is InChI=1S/C23H23N5O10S3/c1-3-37-23(34)27-41(35,36)13-7-5-4-6-12(13)21(33)38-17-10(2)40-19-15(18(30)28(19)16(17)20(31)32)26-14(29)8-11-9-39-22(24)25-11/h4-7,9-10,15,19H,3,8H2,1-2H3,(H2,24,25)(H,26,29)(H,27,34)(H,31,32)/t10?,15-,19-/m1/s1. The summed E-state index contributed by atoms with van der Waals surface area (Å²) in [6.45, 7) is 2.89. The summed E-state index contributed by atoms with van der Waals surface area (Å²) in [7, 11) is -4.58. The van der Waals surface area contributed by atoms with Crippen molar-refractivity contribution in [1.82, 2.24) is 19.9 Å². The number of carbonyl (C=O) groups excluding carboxylic acids is 4. The van der Waals surface area contributed by atoms with Crippen LogP contribution in [0.3, 0.4) is 0 Å². The first-order valence-electron chi connectivity index (χ1n) is 11.8. The molecule has 0 saturated carbocycles. The van der Waals surface area contributed by atoms with Gasteiger partial charge < -0.3 is 25.6 Å². The molecule has 218 valence electrons. The van der Waals surface area contributed by atoms with Gasteiger partial charge in [-0.1, -0.05) is 12.1 Å². The van der Waals surface area contributed by atoms with Crippen molar-refractivity contribution in [2.24, 2.45) is 0 Å². The quantitative estimate of drug-likeness (QED) is 0.222. The van der Waals surface area contributed by atoms with E-state index in [9.17, 15) is 37.5 Å². The largest absolute Gasteiger partial charge is 0.476 e. The Morgan fingerprint density at radius 1 is 1.22 bits per heavy atom. The number of anilines is 1. The fourth-order valence-electron chi connectivity index (χ4n) is 4.04. The van der Waals surface area contributed by atoms with Crippen LogP contribution in [0.5, 0.6) is 0 Å². The van der Waals surface area contributed by atoms with E-state index in [1.54, 1.807) is 10.1 Å². The summed E-state index contributed by atoms with van der Waals surface area (Å²) < 4.78 is 37.1. The van der Waals surface area contributed by atoms with Gasteiger partial charge in [0.2, 0.25) is 5.91 Å². The van der Waals surface area contributed by atoms with Gasteiger partial charge in [0.1, 0.15) is 16.3 Å². The summed E-state index contributed by atoms with van der Waals surface area (Å²) in [6.07, 6.45) is -1.40. The van der Waals surface area contributed by atoms with Crippen molar-refractivity contribution in [3.05, 3.63) is 52.4 Å². The van der Waals surface area contributed by atoms with Crippen LogP contribution >= 0.6 is 23.1 Å². The van der Waals surface area contributed by atoms with Gasteiger partial charge in [0.25, 0.3) is 15.9 Å². The van der Waals surface area contributed by atoms with Crippen LogP contribution in [-0.4, -0.2) is 76.5 Å². The molecule has 1 saturated heterocycles. The number of esters is 1. The number of benzene rings is 1. The Balaban J connectivity index is 1.56. The lowest BCUT2D eigenvalue weighted by Crippen LogP contribution is -2.71. The number of carboxylic acid groups (broad SMARTS) is 1. The molecule has 0 radical (unpaired) electrons. The Morgan fingerprint density at radius 2 is 1.93 bits per heavy atom. The molecule has 0 spiro atoms. The lowest BCUT2D eigenvalue weighted by molar-refractivity contribution is -0.151. The fraction of sp³-hybridized carbons (Fsp3) is 0.304. The lowest BCUT2D eigenvalue weighted by atomic mass is 10.0. The maximum Gasteiger partial charge on any atom is 0.421 e. The number of sulfonamides is 1. The first-order valence-corrected chi connectivity index (χ1v) is 15.1. The average Bonchev–Trinajstić information content (AvgIpc) is 3.31. The maximum atomic E-state index is 13.1. The summed E-state index contributed by atoms with van der Waals surface area (Å²) in [5, 5.41) is 12.8. The second kappa shape index (κ2) is 11.8. The summed E-state index contributed by atoms with van der Waals surface area (Å²) in [5.41, 5.74) is 4.86. The number of nitrogen functional groups attached to an aromatic ring is 1. The van der Waals surface area contributed by atoms with E-state index in [2.05, 4.69) is 15.0 Å². The minimum Gasteiger partial charge on any atom is -0.476 e. The van der Waals surface area contributed by atoms with E-state index >= 15 is 0 Å². The van der Waals surface area contributed by atoms with E-state index in [-0.39, 0.29) is 18.2 Å². The highest BCUT2D eigenvalue weighted by Crippen LogP contribution is 2.44. The predicted molar refractivity (Wildman–Crippen MR) is 144 cm³/mol. The number of carbonyl (C=O) groups is 5. The Labute approximate surface area is 241 Å². The molecule has 1 aromatic carbocycles. The number of thioether (sulfide) groups is 1. The Morgan fingerprint density at radius 3 is 2.56 bits per heavy atom. The van der Waals surface area contributed by atoms with Gasteiger partial charge in [-0.15, -0.1) is 23.1 Å². The van der Waals surface area contributed by atoms with E-state index in [1.165, 1.54) is 26.0 Å². The van der Waals surface area contributed by atoms with Crippen LogP contribution < -0.4 is 15.8 Å². The second-order valence-corrected chi connectivity index (χ2v) is 12.5. The molecule has 1 aromatic heterocycles. The van der Waals surface area contributed by atoms with E-state index in [1.807, 2.05) is 0 Å². The van der Waals surface area contributed by atoms with Gasteiger partial charge in [0.15, 0.2) is 16.6 Å². The van der Waals surface area contributed by atoms with E-state index in [4.69, 9.17) is 10.5 Å². The molecule has 1 fully saturated rings. The topological polar surface area (TPSA) is 224 Å². The minimum atomic E-state index is -4.58. The van der Waals surface area contributed by atoms with E-state index < -0.39 is 78.5 Å². The third-order valence-corrected chi connectivity index (χ3v) is 9.23. The number of hydrogen-bond donors (Lipinski definition) is 4. The summed E-state index contributed by atoms with van der Waals surface area (Å²) in [5.74, 6) is -4.48. The second-order valence-electron chi connectivity index (χ2n) is 8.51. The third kappa shape index (κ3) is 6.13. The summed E-state index contributed by atoms with van der Waals surface area (Å²) in [4.78, 5) is 66.8. The smallest absolute Gasteiger partial charge is 0.421 e. The summed E-state index contributed by atoms with van der Waals surface area (Å²) >= 11 is 2.21. The SMILES string of the molecule is CCOC(=O)NS(=O)(=O)c1ccccc1C(=O)OC1=C(C(=O)O)N2C(=O)[C@@H](NC(=O)Cc3csc(N)n3)[C@H]2SC1C. The van der Waals surface area contributed by atoms with Crippen LogP contribution in [0.1, 0.15) is 29.9 Å². The molecular formula is C23H23N5O10S3. The van der Waals surface area contributed by atoms with Gasteiger partial charge in [-0.2, -0.15) is 0 Å². The number of carboxylic acids is 1. The number of fused-ring (bicyclic) bond motifs is 1. The summed E-state index contributed by atoms with van der Waals surface area (Å²) in [6, 6.07) is 3.76. The van der Waals surface area contributed by atoms with Crippen LogP contribution in [0.4, 0.5) is 9.93 Å². The number of amides is 3. The molecule has 0 bridgehead atoms. The van der Waals surface area contributed by atoms with Gasteiger partial charge >= 0.3 is 18.0 Å². The first-order chi connectivity index (χ1) is 19.3. The predicted octanol–water partition coefficient (Wildman–Crippen LogP) is 0.644. The van der Waals surface area contributed by atoms with E-state index in [0.29, 0.717) is 5.69 Å². The number of nitrogens with one attached hydrogen (secondary N) is 2. The lowest BCUT2D eigenvalue weighted by Gasteiger charge is -2.50. The normalized spacial score (nSPS) is 20.0. The van der Waals surface area contributed by atoms with Gasteiger partial charge in [0.05, 0.1) is 29.5 Å². The van der Waals surface area contributed by atoms with Crippen molar-refractivity contribution in [1.29, 1.82) is 0 Å². The number of hydrogen-bond acceptors (Lipinski definition) is 13. The number of nitrogens with two attached hydrogens (primary N) is 1. The molecular weight excluding hydrogens is 602 g/mol. The number of aliphatic carboxylic acids is 1. The first kappa shape index (κ1) is 29.8. The maximum absolute atomic E-state index is 13.1. The number of aromatic nitrogens is 1. The van der Waals surface area contributed by atoms with Crippen molar-refractivity contribution in [3.63, 3.8) is 0 Å². The number of thiazole rings is 1. The highest BCUT2D eigenvalue weighted by molar-refractivity contribution is 8.00. The van der Waals surface area contributed by atoms with Gasteiger partial charge in [-0.3, -0.25) is 14.5 Å². The molecule has 2 aliphatic rings. The van der Waals surface area contributed by atoms with Crippen molar-refractivity contribution in [2.75, 3.05) is 12.3 Å². The van der Waals surface area contributed by atoms with Gasteiger partial charge in [0, 0.05) is 5.38 Å². The van der Waals surface area contributed by atoms with Crippen LogP contribution in [0, 0.1) is 0 Å². The molecule has 41 heavy (non-hydrogen) atoms. The zero-order valence-corrected chi connectivity index (χ0v) is 23.8. The Kier molecular flexibility index (Phi) is 8.55. The van der Waals surface area contributed by atoms with Gasteiger partial charge in [-0.05, 0) is 26.0 Å². The third-order valence-electron chi connectivity index (χ3n) is 5.75. The molecule has 0 aliphatic carbocycles. The number of ether oxygens (including phenoxy) is 2. The molecule has 4 rings (SSSR count). The van der Waals surface area contributed by atoms with Crippen molar-refractivity contribution < 1.29 is 47.0 Å². The highest BCUT2D eigenvalue weighted by atomic mass is 32.2. The fourth-order valence-corrected chi connectivity index (χ4v) is 7.06. The number of rotatable bonds is 9. The van der Waals surface area contributed by atoms with Crippen molar-refractivity contribution in [2.45, 2.75) is 41.8 Å².